The standard InChI is InChI=1S/C52H33NS/c1-2-12-36-31-38(24-23-34(36)11-1)37-13-9-14-40(32-37)53(41-29-30-47-45-17-4-3-15-43(45)44-16-5-6-18-46(44)49(47)33-41)39-27-25-35(26-28-39)42-20-10-22-51-52(42)48-19-7-8-21-50(48)54-51/h1-33H. The van der Waals surface area contributed by atoms with Gasteiger partial charge in [-0.3, -0.25) is 0 Å². The van der Waals surface area contributed by atoms with Gasteiger partial charge in [0.25, 0.3) is 0 Å². The molecular weight excluding hydrogens is 671 g/mol. The molecule has 0 aliphatic rings. The highest BCUT2D eigenvalue weighted by molar-refractivity contribution is 7.25. The highest BCUT2D eigenvalue weighted by Gasteiger charge is 2.18. The first-order valence-corrected chi connectivity index (χ1v) is 19.3. The van der Waals surface area contributed by atoms with Crippen LogP contribution in [0.3, 0.4) is 0 Å². The maximum absolute atomic E-state index is 2.41. The third kappa shape index (κ3) is 4.99. The average Bonchev–Trinajstić information content (AvgIpc) is 3.63. The molecule has 0 aliphatic heterocycles. The molecule has 0 radical (unpaired) electrons. The molecule has 0 fully saturated rings. The van der Waals surface area contributed by atoms with Crippen LogP contribution in [0.5, 0.6) is 0 Å². The topological polar surface area (TPSA) is 3.24 Å². The predicted octanol–water partition coefficient (Wildman–Crippen LogP) is 15.5. The molecule has 11 aromatic rings. The maximum atomic E-state index is 2.41. The molecule has 0 amide bonds. The first-order chi connectivity index (χ1) is 26.8. The van der Waals surface area contributed by atoms with E-state index in [0.717, 1.165) is 17.1 Å². The van der Waals surface area contributed by atoms with Gasteiger partial charge in [0, 0.05) is 37.2 Å². The van der Waals surface area contributed by atoms with E-state index in [1.807, 2.05) is 11.3 Å². The summed E-state index contributed by atoms with van der Waals surface area (Å²) in [6, 6.07) is 73.6. The van der Waals surface area contributed by atoms with Gasteiger partial charge in [-0.2, -0.15) is 0 Å². The molecule has 252 valence electrons. The van der Waals surface area contributed by atoms with Crippen molar-refractivity contribution in [1.29, 1.82) is 0 Å². The van der Waals surface area contributed by atoms with E-state index < -0.39 is 0 Å². The molecule has 10 aromatic carbocycles. The lowest BCUT2D eigenvalue weighted by molar-refractivity contribution is 1.29. The number of benzene rings is 10. The van der Waals surface area contributed by atoms with Crippen molar-refractivity contribution in [3.05, 3.63) is 200 Å². The summed E-state index contributed by atoms with van der Waals surface area (Å²) < 4.78 is 2.64. The molecule has 0 bridgehead atoms. The van der Waals surface area contributed by atoms with Gasteiger partial charge in [-0.1, -0.05) is 146 Å². The van der Waals surface area contributed by atoms with Gasteiger partial charge in [0.05, 0.1) is 0 Å². The van der Waals surface area contributed by atoms with Crippen molar-refractivity contribution in [1.82, 2.24) is 0 Å². The van der Waals surface area contributed by atoms with E-state index in [1.165, 1.54) is 85.5 Å². The summed E-state index contributed by atoms with van der Waals surface area (Å²) in [5.41, 5.74) is 8.23. The van der Waals surface area contributed by atoms with Gasteiger partial charge in [-0.25, -0.2) is 0 Å². The summed E-state index contributed by atoms with van der Waals surface area (Å²) in [6.45, 7) is 0. The summed E-state index contributed by atoms with van der Waals surface area (Å²) in [7, 11) is 0. The zero-order valence-corrected chi connectivity index (χ0v) is 30.2. The lowest BCUT2D eigenvalue weighted by atomic mass is 9.94. The lowest BCUT2D eigenvalue weighted by Gasteiger charge is -2.27. The van der Waals surface area contributed by atoms with Crippen LogP contribution >= 0.6 is 11.3 Å². The SMILES string of the molecule is c1cc(-c2ccc3ccccc3c2)cc(N(c2ccc(-c3cccc4sc5ccccc5c34)cc2)c2ccc3c4ccccc4c4ccccc4c3c2)c1. The van der Waals surface area contributed by atoms with Crippen LogP contribution in [-0.2, 0) is 0 Å². The Kier molecular flexibility index (Phi) is 7.11. The number of fused-ring (bicyclic) bond motifs is 10. The Bertz CT molecular complexity index is 3190. The van der Waals surface area contributed by atoms with E-state index in [-0.39, 0.29) is 0 Å². The van der Waals surface area contributed by atoms with Gasteiger partial charge >= 0.3 is 0 Å². The van der Waals surface area contributed by atoms with Gasteiger partial charge in [-0.05, 0) is 120 Å². The zero-order valence-electron chi connectivity index (χ0n) is 29.4. The fourth-order valence-electron chi connectivity index (χ4n) is 8.48. The maximum Gasteiger partial charge on any atom is 0.0468 e. The molecule has 0 N–H and O–H groups in total. The Morgan fingerprint density at radius 2 is 0.852 bits per heavy atom. The molecular formula is C52H33NS. The van der Waals surface area contributed by atoms with E-state index in [4.69, 9.17) is 0 Å². The minimum Gasteiger partial charge on any atom is -0.310 e. The van der Waals surface area contributed by atoms with Crippen LogP contribution in [0.15, 0.2) is 200 Å². The molecule has 1 aromatic heterocycles. The zero-order chi connectivity index (χ0) is 35.6. The molecule has 0 atom stereocenters. The van der Waals surface area contributed by atoms with Crippen molar-refractivity contribution in [3.63, 3.8) is 0 Å². The normalized spacial score (nSPS) is 11.7. The fraction of sp³-hybridized carbons (Fsp3) is 0. The smallest absolute Gasteiger partial charge is 0.0468 e. The summed E-state index contributed by atoms with van der Waals surface area (Å²) >= 11 is 1.87. The number of thiophene rings is 1. The Morgan fingerprint density at radius 3 is 1.63 bits per heavy atom. The van der Waals surface area contributed by atoms with Crippen LogP contribution in [0.25, 0.3) is 85.5 Å². The molecule has 1 nitrogen and oxygen atoms in total. The van der Waals surface area contributed by atoms with Crippen molar-refractivity contribution >= 4 is 91.7 Å². The van der Waals surface area contributed by atoms with Gasteiger partial charge in [0.1, 0.15) is 0 Å². The van der Waals surface area contributed by atoms with E-state index in [1.54, 1.807) is 0 Å². The van der Waals surface area contributed by atoms with Crippen molar-refractivity contribution in [2.45, 2.75) is 0 Å². The summed E-state index contributed by atoms with van der Waals surface area (Å²) in [5.74, 6) is 0. The molecule has 0 saturated heterocycles. The molecule has 0 spiro atoms. The number of nitrogens with zero attached hydrogens (tertiary/aromatic N) is 1. The monoisotopic (exact) mass is 703 g/mol. The molecule has 1 heterocycles. The second-order valence-corrected chi connectivity index (χ2v) is 15.2. The van der Waals surface area contributed by atoms with E-state index in [2.05, 4.69) is 205 Å². The minimum atomic E-state index is 1.11. The van der Waals surface area contributed by atoms with Crippen LogP contribution in [0.1, 0.15) is 0 Å². The van der Waals surface area contributed by atoms with Crippen molar-refractivity contribution < 1.29 is 0 Å². The van der Waals surface area contributed by atoms with Gasteiger partial charge in [0.15, 0.2) is 0 Å². The Morgan fingerprint density at radius 1 is 0.296 bits per heavy atom. The molecule has 0 aliphatic carbocycles. The molecule has 11 rings (SSSR count). The van der Waals surface area contributed by atoms with Crippen molar-refractivity contribution in [3.8, 4) is 22.3 Å². The number of rotatable bonds is 5. The molecule has 2 heteroatoms. The van der Waals surface area contributed by atoms with Crippen LogP contribution in [0.2, 0.25) is 0 Å². The Hall–Kier alpha value is -6.74. The fourth-order valence-corrected chi connectivity index (χ4v) is 9.61. The summed E-state index contributed by atoms with van der Waals surface area (Å²) in [4.78, 5) is 2.41. The van der Waals surface area contributed by atoms with Crippen LogP contribution < -0.4 is 4.90 Å². The van der Waals surface area contributed by atoms with Crippen molar-refractivity contribution in [2.75, 3.05) is 4.90 Å². The molecule has 0 unspecified atom stereocenters. The van der Waals surface area contributed by atoms with Crippen LogP contribution in [-0.4, -0.2) is 0 Å². The number of hydrogen-bond acceptors (Lipinski definition) is 2. The van der Waals surface area contributed by atoms with Crippen molar-refractivity contribution in [2.24, 2.45) is 0 Å². The largest absolute Gasteiger partial charge is 0.310 e. The molecule has 0 saturated carbocycles. The summed E-state index contributed by atoms with van der Waals surface area (Å²) in [6.07, 6.45) is 0. The van der Waals surface area contributed by atoms with E-state index in [0.29, 0.717) is 0 Å². The second kappa shape index (κ2) is 12.4. The van der Waals surface area contributed by atoms with E-state index in [9.17, 15) is 0 Å². The van der Waals surface area contributed by atoms with Gasteiger partial charge in [0.2, 0.25) is 0 Å². The first-order valence-electron chi connectivity index (χ1n) is 18.5. The Balaban J connectivity index is 1.10. The number of anilines is 3. The van der Waals surface area contributed by atoms with Crippen LogP contribution in [0.4, 0.5) is 17.1 Å². The van der Waals surface area contributed by atoms with Gasteiger partial charge < -0.3 is 4.90 Å². The van der Waals surface area contributed by atoms with E-state index >= 15 is 0 Å². The highest BCUT2D eigenvalue weighted by Crippen LogP contribution is 2.44. The highest BCUT2D eigenvalue weighted by atomic mass is 32.1. The van der Waals surface area contributed by atoms with Crippen LogP contribution in [0, 0.1) is 0 Å². The minimum absolute atomic E-state index is 1.11. The third-order valence-corrected chi connectivity index (χ3v) is 12.1. The Labute approximate surface area is 317 Å². The quantitative estimate of drug-likeness (QED) is 0.161. The predicted molar refractivity (Wildman–Crippen MR) is 235 cm³/mol. The third-order valence-electron chi connectivity index (χ3n) is 11.0. The van der Waals surface area contributed by atoms with Gasteiger partial charge in [-0.15, -0.1) is 11.3 Å². The number of hydrogen-bond donors (Lipinski definition) is 0. The molecule has 54 heavy (non-hydrogen) atoms. The lowest BCUT2D eigenvalue weighted by Crippen LogP contribution is -2.10. The second-order valence-electron chi connectivity index (χ2n) is 14.1. The first kappa shape index (κ1) is 30.8. The summed E-state index contributed by atoms with van der Waals surface area (Å²) in [5, 5.41) is 12.8. The average molecular weight is 704 g/mol.